The molecule has 2 N–H and O–H groups in total. The summed E-state index contributed by atoms with van der Waals surface area (Å²) in [5.74, 6) is 0.173. The Morgan fingerprint density at radius 2 is 2.00 bits per heavy atom. The summed E-state index contributed by atoms with van der Waals surface area (Å²) in [5, 5.41) is 0.557. The number of nitrogens with zero attached hydrogens (tertiary/aromatic N) is 3. The van der Waals surface area contributed by atoms with Crippen molar-refractivity contribution in [1.82, 2.24) is 14.7 Å². The maximum atomic E-state index is 11.9. The molecule has 110 valence electrons. The van der Waals surface area contributed by atoms with Crippen LogP contribution in [0, 0.1) is 0 Å². The normalized spacial score (nSPS) is 12.1. The predicted octanol–water partition coefficient (Wildman–Crippen LogP) is 1.02. The van der Waals surface area contributed by atoms with Crippen molar-refractivity contribution in [2.75, 3.05) is 18.6 Å². The first-order valence-electron chi connectivity index (χ1n) is 6.33. The molecule has 0 amide bonds. The highest BCUT2D eigenvalue weighted by molar-refractivity contribution is 7.90. The van der Waals surface area contributed by atoms with Gasteiger partial charge in [-0.3, -0.25) is 0 Å². The lowest BCUT2D eigenvalue weighted by Gasteiger charge is -2.09. The Morgan fingerprint density at radius 3 is 2.67 bits per heavy atom. The largest absolute Gasteiger partial charge is 0.411 e. The van der Waals surface area contributed by atoms with E-state index >= 15 is 0 Å². The minimum absolute atomic E-state index is 0.173. The number of benzene rings is 1. The van der Waals surface area contributed by atoms with Gasteiger partial charge in [0.25, 0.3) is 5.16 Å². The van der Waals surface area contributed by atoms with Gasteiger partial charge in [-0.15, -0.1) is 0 Å². The van der Waals surface area contributed by atoms with Crippen molar-refractivity contribution in [3.05, 3.63) is 24.3 Å². The van der Waals surface area contributed by atoms with Crippen LogP contribution in [0.1, 0.15) is 6.92 Å². The van der Waals surface area contributed by atoms with Crippen molar-refractivity contribution in [3.63, 3.8) is 0 Å². The second-order valence-electron chi connectivity index (χ2n) is 4.59. The summed E-state index contributed by atoms with van der Waals surface area (Å²) in [6.45, 7) is 2.06. The summed E-state index contributed by atoms with van der Waals surface area (Å²) in [6, 6.07) is 7.30. The van der Waals surface area contributed by atoms with Crippen LogP contribution < -0.4 is 10.6 Å². The van der Waals surface area contributed by atoms with E-state index in [2.05, 4.69) is 9.97 Å². The zero-order valence-corrected chi connectivity index (χ0v) is 12.4. The molecule has 21 heavy (non-hydrogen) atoms. The van der Waals surface area contributed by atoms with E-state index in [0.717, 1.165) is 11.6 Å². The van der Waals surface area contributed by atoms with E-state index in [-0.39, 0.29) is 11.0 Å². The second-order valence-corrected chi connectivity index (χ2v) is 6.50. The van der Waals surface area contributed by atoms with Crippen LogP contribution in [-0.4, -0.2) is 36.0 Å². The topological polar surface area (TPSA) is 100 Å². The third kappa shape index (κ3) is 2.07. The van der Waals surface area contributed by atoms with Crippen molar-refractivity contribution in [2.45, 2.75) is 12.1 Å². The Hall–Kier alpha value is -2.35. The Bertz CT molecular complexity index is 947. The Balaban J connectivity index is 2.56. The number of sulfone groups is 1. The van der Waals surface area contributed by atoms with E-state index in [4.69, 9.17) is 10.6 Å². The average Bonchev–Trinajstić information content (AvgIpc) is 2.80. The summed E-state index contributed by atoms with van der Waals surface area (Å²) in [6.07, 6.45) is 1.08. The van der Waals surface area contributed by atoms with Crippen LogP contribution >= 0.6 is 0 Å². The van der Waals surface area contributed by atoms with Gasteiger partial charge < -0.3 is 10.6 Å². The maximum Gasteiger partial charge on any atom is 0.262 e. The molecule has 7 nitrogen and oxygen atoms in total. The summed E-state index contributed by atoms with van der Waals surface area (Å²) in [5.41, 5.74) is 7.40. The van der Waals surface area contributed by atoms with Gasteiger partial charge in [-0.1, -0.05) is 18.2 Å². The van der Waals surface area contributed by atoms with Crippen LogP contribution in [0.15, 0.2) is 29.4 Å². The fraction of sp³-hybridized carbons (Fsp3) is 0.231. The van der Waals surface area contributed by atoms with Gasteiger partial charge in [0.05, 0.1) is 5.52 Å². The summed E-state index contributed by atoms with van der Waals surface area (Å²) in [4.78, 5) is 13.8. The Morgan fingerprint density at radius 1 is 1.29 bits per heavy atom. The molecule has 0 aliphatic heterocycles. The van der Waals surface area contributed by atoms with Crippen molar-refractivity contribution < 1.29 is 13.3 Å². The minimum atomic E-state index is -3.56. The highest BCUT2D eigenvalue weighted by Gasteiger charge is 2.24. The molecule has 0 radical (unpaired) electrons. The van der Waals surface area contributed by atoms with E-state index in [1.165, 1.54) is 4.73 Å². The van der Waals surface area contributed by atoms with E-state index < -0.39 is 9.84 Å². The molecule has 0 atom stereocenters. The van der Waals surface area contributed by atoms with Gasteiger partial charge in [-0.25, -0.2) is 18.4 Å². The fourth-order valence-electron chi connectivity index (χ4n) is 2.24. The molecule has 0 bridgehead atoms. The van der Waals surface area contributed by atoms with E-state index in [0.29, 0.717) is 23.2 Å². The lowest BCUT2D eigenvalue weighted by Crippen LogP contribution is -2.17. The number of fused-ring (bicyclic) bond motifs is 3. The first-order valence-corrected chi connectivity index (χ1v) is 8.22. The highest BCUT2D eigenvalue weighted by Crippen LogP contribution is 2.29. The monoisotopic (exact) mass is 306 g/mol. The minimum Gasteiger partial charge on any atom is -0.411 e. The SMILES string of the molecule is CCOn1c(S(C)(=O)=O)nc2c(N)nc3ccccc3c21. The summed E-state index contributed by atoms with van der Waals surface area (Å²) < 4.78 is 25.1. The number of imidazole rings is 1. The van der Waals surface area contributed by atoms with Crippen LogP contribution in [0.4, 0.5) is 5.82 Å². The van der Waals surface area contributed by atoms with Crippen molar-refractivity contribution in [2.24, 2.45) is 0 Å². The number of pyridine rings is 1. The van der Waals surface area contributed by atoms with E-state index in [1.807, 2.05) is 18.2 Å². The molecule has 0 aliphatic carbocycles. The molecular formula is C13H14N4O3S. The zero-order valence-electron chi connectivity index (χ0n) is 11.6. The van der Waals surface area contributed by atoms with Gasteiger partial charge >= 0.3 is 0 Å². The number of aromatic nitrogens is 3. The van der Waals surface area contributed by atoms with Crippen LogP contribution in [0.25, 0.3) is 21.9 Å². The quantitative estimate of drug-likeness (QED) is 0.775. The number of para-hydroxylation sites is 1. The number of hydrogen-bond acceptors (Lipinski definition) is 6. The van der Waals surface area contributed by atoms with Crippen LogP contribution in [0.3, 0.4) is 0 Å². The lowest BCUT2D eigenvalue weighted by molar-refractivity contribution is 0.110. The third-order valence-corrected chi connectivity index (χ3v) is 3.96. The van der Waals surface area contributed by atoms with Gasteiger partial charge in [0.15, 0.2) is 5.82 Å². The molecule has 0 saturated carbocycles. The average molecular weight is 306 g/mol. The van der Waals surface area contributed by atoms with Crippen molar-refractivity contribution >= 4 is 37.6 Å². The van der Waals surface area contributed by atoms with Gasteiger partial charge in [0.2, 0.25) is 9.84 Å². The number of rotatable bonds is 3. The molecule has 1 aromatic carbocycles. The molecule has 0 fully saturated rings. The van der Waals surface area contributed by atoms with Crippen molar-refractivity contribution in [3.8, 4) is 0 Å². The molecule has 8 heteroatoms. The summed E-state index contributed by atoms with van der Waals surface area (Å²) >= 11 is 0. The van der Waals surface area contributed by atoms with Gasteiger partial charge in [0.1, 0.15) is 17.6 Å². The van der Waals surface area contributed by atoms with Crippen LogP contribution in [0.5, 0.6) is 0 Å². The number of anilines is 1. The molecule has 2 aromatic heterocycles. The number of nitrogen functional groups attached to an aromatic ring is 1. The third-order valence-electron chi connectivity index (χ3n) is 3.04. The molecule has 0 saturated heterocycles. The van der Waals surface area contributed by atoms with Crippen molar-refractivity contribution in [1.29, 1.82) is 0 Å². The van der Waals surface area contributed by atoms with E-state index in [9.17, 15) is 8.42 Å². The maximum absolute atomic E-state index is 11.9. The van der Waals surface area contributed by atoms with Crippen LogP contribution in [-0.2, 0) is 9.84 Å². The molecule has 0 unspecified atom stereocenters. The molecule has 3 aromatic rings. The second kappa shape index (κ2) is 4.59. The molecule has 0 aliphatic rings. The lowest BCUT2D eigenvalue weighted by atomic mass is 10.2. The fourth-order valence-corrected chi connectivity index (χ4v) is 2.94. The first-order chi connectivity index (χ1) is 9.93. The first kappa shape index (κ1) is 13.6. The number of nitrogens with two attached hydrogens (primary N) is 1. The Kier molecular flexibility index (Phi) is 2.98. The predicted molar refractivity (Wildman–Crippen MR) is 79.7 cm³/mol. The van der Waals surface area contributed by atoms with E-state index in [1.54, 1.807) is 13.0 Å². The molecule has 3 rings (SSSR count). The smallest absolute Gasteiger partial charge is 0.262 e. The van der Waals surface area contributed by atoms with Gasteiger partial charge in [0, 0.05) is 11.6 Å². The zero-order chi connectivity index (χ0) is 15.2. The number of hydrogen-bond donors (Lipinski definition) is 1. The standard InChI is InChI=1S/C13H14N4O3S/c1-3-20-17-11-8-6-4-5-7-9(8)15-12(14)10(11)16-13(17)21(2,18)19/h4-7H,3H2,1-2H3,(H2,14,15). The van der Waals surface area contributed by atoms with Gasteiger partial charge in [-0.05, 0) is 13.0 Å². The van der Waals surface area contributed by atoms with Crippen LogP contribution in [0.2, 0.25) is 0 Å². The molecular weight excluding hydrogens is 292 g/mol. The van der Waals surface area contributed by atoms with Gasteiger partial charge in [-0.2, -0.15) is 4.73 Å². The summed E-state index contributed by atoms with van der Waals surface area (Å²) in [7, 11) is -3.56. The Labute approximate surface area is 121 Å². The molecule has 2 heterocycles. The molecule has 0 spiro atoms. The highest BCUT2D eigenvalue weighted by atomic mass is 32.2.